The largest absolute Gasteiger partial charge is 0.497 e. The molecule has 1 atom stereocenters. The van der Waals surface area contributed by atoms with E-state index in [0.717, 1.165) is 66.9 Å². The highest BCUT2D eigenvalue weighted by Crippen LogP contribution is 2.35. The first kappa shape index (κ1) is 20.3. The van der Waals surface area contributed by atoms with Gasteiger partial charge in [-0.1, -0.05) is 12.1 Å². The number of hydrogen-bond donors (Lipinski definition) is 1. The summed E-state index contributed by atoms with van der Waals surface area (Å²) in [6.07, 6.45) is 3.74. The number of hydrogen-bond acceptors (Lipinski definition) is 4. The van der Waals surface area contributed by atoms with E-state index in [9.17, 15) is 8.78 Å². The van der Waals surface area contributed by atoms with Crippen LogP contribution in [0.2, 0.25) is 0 Å². The molecule has 0 aliphatic carbocycles. The Kier molecular flexibility index (Phi) is 5.99. The summed E-state index contributed by atoms with van der Waals surface area (Å²) in [5.74, 6) is 0.104. The predicted octanol–water partition coefficient (Wildman–Crippen LogP) is 4.75. The molecule has 2 aromatic carbocycles. The van der Waals surface area contributed by atoms with Crippen molar-refractivity contribution in [2.75, 3.05) is 27.3 Å². The van der Waals surface area contributed by atoms with E-state index >= 15 is 0 Å². The normalized spacial score (nSPS) is 17.1. The van der Waals surface area contributed by atoms with Gasteiger partial charge in [-0.15, -0.1) is 0 Å². The Morgan fingerprint density at radius 1 is 1.10 bits per heavy atom. The van der Waals surface area contributed by atoms with Gasteiger partial charge in [0.2, 0.25) is 0 Å². The molecule has 1 unspecified atom stereocenters. The smallest absolute Gasteiger partial charge is 0.159 e. The zero-order chi connectivity index (χ0) is 21.1. The summed E-state index contributed by atoms with van der Waals surface area (Å²) in [5.41, 5.74) is 3.52. The van der Waals surface area contributed by atoms with Crippen molar-refractivity contribution in [1.29, 1.82) is 0 Å². The highest BCUT2D eigenvalue weighted by molar-refractivity contribution is 5.66. The fourth-order valence-electron chi connectivity index (χ4n) is 4.16. The molecule has 5 nitrogen and oxygen atoms in total. The third-order valence-corrected chi connectivity index (χ3v) is 5.70. The number of aromatic nitrogens is 2. The zero-order valence-corrected chi connectivity index (χ0v) is 17.1. The molecule has 1 aromatic heterocycles. The van der Waals surface area contributed by atoms with Crippen LogP contribution in [0, 0.1) is 11.6 Å². The van der Waals surface area contributed by atoms with Crippen LogP contribution in [0.1, 0.15) is 30.0 Å². The molecule has 1 aliphatic rings. The van der Waals surface area contributed by atoms with E-state index < -0.39 is 11.6 Å². The molecule has 4 rings (SSSR count). The van der Waals surface area contributed by atoms with Crippen molar-refractivity contribution >= 4 is 0 Å². The topological polar surface area (TPSA) is 50.4 Å². The monoisotopic (exact) mass is 413 g/mol. The van der Waals surface area contributed by atoms with Gasteiger partial charge in [-0.05, 0) is 43.1 Å². The third kappa shape index (κ3) is 4.16. The van der Waals surface area contributed by atoms with Gasteiger partial charge in [-0.3, -0.25) is 10.00 Å². The Labute approximate surface area is 174 Å². The SMILES string of the molecule is COc1ccc(CN2CCCC(c3[nH]ncc3-c3ccc(F)c(F)c3)C2)c(OC)c1. The maximum absolute atomic E-state index is 13.7. The van der Waals surface area contributed by atoms with Crippen molar-refractivity contribution in [3.05, 3.63) is 65.5 Å². The Hall–Kier alpha value is -2.93. The summed E-state index contributed by atoms with van der Waals surface area (Å²) in [5, 5.41) is 7.28. The first-order chi connectivity index (χ1) is 14.6. The van der Waals surface area contributed by atoms with Crippen molar-refractivity contribution in [1.82, 2.24) is 15.1 Å². The summed E-state index contributed by atoms with van der Waals surface area (Å²) in [6.45, 7) is 2.59. The molecule has 3 aromatic rings. The minimum absolute atomic E-state index is 0.230. The second-order valence-corrected chi connectivity index (χ2v) is 7.58. The minimum atomic E-state index is -0.850. The van der Waals surface area contributed by atoms with Gasteiger partial charge in [-0.2, -0.15) is 5.10 Å². The van der Waals surface area contributed by atoms with Gasteiger partial charge in [0, 0.05) is 41.9 Å². The summed E-state index contributed by atoms with van der Waals surface area (Å²) < 4.78 is 37.9. The third-order valence-electron chi connectivity index (χ3n) is 5.70. The van der Waals surface area contributed by atoms with E-state index in [1.54, 1.807) is 26.5 Å². The van der Waals surface area contributed by atoms with Gasteiger partial charge in [0.15, 0.2) is 11.6 Å². The van der Waals surface area contributed by atoms with Gasteiger partial charge >= 0.3 is 0 Å². The van der Waals surface area contributed by atoms with E-state index in [1.165, 1.54) is 6.07 Å². The Morgan fingerprint density at radius 3 is 2.73 bits per heavy atom. The van der Waals surface area contributed by atoms with E-state index in [0.29, 0.717) is 5.56 Å². The van der Waals surface area contributed by atoms with Gasteiger partial charge in [-0.25, -0.2) is 8.78 Å². The zero-order valence-electron chi connectivity index (χ0n) is 17.1. The van der Waals surface area contributed by atoms with Crippen LogP contribution in [0.25, 0.3) is 11.1 Å². The molecular formula is C23H25F2N3O2. The lowest BCUT2D eigenvalue weighted by Crippen LogP contribution is -2.34. The Balaban J connectivity index is 1.53. The van der Waals surface area contributed by atoms with Gasteiger partial charge in [0.1, 0.15) is 11.5 Å². The highest BCUT2D eigenvalue weighted by Gasteiger charge is 2.26. The van der Waals surface area contributed by atoms with Crippen molar-refractivity contribution in [2.45, 2.75) is 25.3 Å². The molecule has 0 bridgehead atoms. The van der Waals surface area contributed by atoms with Crippen molar-refractivity contribution in [2.24, 2.45) is 0 Å². The number of piperidine rings is 1. The number of likely N-dealkylation sites (tertiary alicyclic amines) is 1. The number of methoxy groups -OCH3 is 2. The van der Waals surface area contributed by atoms with Gasteiger partial charge < -0.3 is 9.47 Å². The maximum Gasteiger partial charge on any atom is 0.159 e. The number of halogens is 2. The second-order valence-electron chi connectivity index (χ2n) is 7.58. The van der Waals surface area contributed by atoms with Crippen LogP contribution in [-0.2, 0) is 6.54 Å². The van der Waals surface area contributed by atoms with Crippen LogP contribution in [-0.4, -0.2) is 42.4 Å². The van der Waals surface area contributed by atoms with Crippen LogP contribution in [0.4, 0.5) is 8.78 Å². The van der Waals surface area contributed by atoms with E-state index in [4.69, 9.17) is 9.47 Å². The fourth-order valence-corrected chi connectivity index (χ4v) is 4.16. The number of ether oxygens (including phenoxy) is 2. The predicted molar refractivity (Wildman–Crippen MR) is 111 cm³/mol. The van der Waals surface area contributed by atoms with Crippen LogP contribution in [0.5, 0.6) is 11.5 Å². The molecule has 1 N–H and O–H groups in total. The fraction of sp³-hybridized carbons (Fsp3) is 0.348. The van der Waals surface area contributed by atoms with E-state index in [-0.39, 0.29) is 5.92 Å². The molecule has 1 fully saturated rings. The second kappa shape index (κ2) is 8.83. The molecule has 0 saturated carbocycles. The van der Waals surface area contributed by atoms with Crippen molar-refractivity contribution < 1.29 is 18.3 Å². The number of nitrogens with zero attached hydrogens (tertiary/aromatic N) is 2. The lowest BCUT2D eigenvalue weighted by molar-refractivity contribution is 0.196. The van der Waals surface area contributed by atoms with Crippen LogP contribution >= 0.6 is 0 Å². The number of aromatic amines is 1. The first-order valence-electron chi connectivity index (χ1n) is 10.0. The molecule has 1 aliphatic heterocycles. The Morgan fingerprint density at radius 2 is 1.97 bits per heavy atom. The number of rotatable bonds is 6. The summed E-state index contributed by atoms with van der Waals surface area (Å²) in [6, 6.07) is 9.85. The lowest BCUT2D eigenvalue weighted by atomic mass is 9.90. The Bertz CT molecular complexity index is 1020. The summed E-state index contributed by atoms with van der Waals surface area (Å²) in [4.78, 5) is 2.38. The summed E-state index contributed by atoms with van der Waals surface area (Å²) in [7, 11) is 3.30. The number of benzene rings is 2. The van der Waals surface area contributed by atoms with Crippen LogP contribution in [0.3, 0.4) is 0 Å². The van der Waals surface area contributed by atoms with Gasteiger partial charge in [0.05, 0.1) is 20.4 Å². The van der Waals surface area contributed by atoms with E-state index in [2.05, 4.69) is 15.1 Å². The van der Waals surface area contributed by atoms with E-state index in [1.807, 2.05) is 18.2 Å². The van der Waals surface area contributed by atoms with Crippen LogP contribution in [0.15, 0.2) is 42.6 Å². The van der Waals surface area contributed by atoms with Crippen LogP contribution < -0.4 is 9.47 Å². The molecular weight excluding hydrogens is 388 g/mol. The molecule has 2 heterocycles. The molecule has 7 heteroatoms. The van der Waals surface area contributed by atoms with Crippen molar-refractivity contribution in [3.63, 3.8) is 0 Å². The maximum atomic E-state index is 13.7. The summed E-state index contributed by atoms with van der Waals surface area (Å²) >= 11 is 0. The molecule has 0 spiro atoms. The minimum Gasteiger partial charge on any atom is -0.497 e. The average molecular weight is 413 g/mol. The number of H-pyrrole nitrogens is 1. The first-order valence-corrected chi connectivity index (χ1v) is 10.0. The van der Waals surface area contributed by atoms with Crippen molar-refractivity contribution in [3.8, 4) is 22.6 Å². The molecule has 0 radical (unpaired) electrons. The molecule has 158 valence electrons. The molecule has 30 heavy (non-hydrogen) atoms. The number of nitrogens with one attached hydrogen (secondary N) is 1. The lowest BCUT2D eigenvalue weighted by Gasteiger charge is -2.33. The quantitative estimate of drug-likeness (QED) is 0.634. The van der Waals surface area contributed by atoms with Gasteiger partial charge in [0.25, 0.3) is 0 Å². The molecule has 1 saturated heterocycles. The average Bonchev–Trinajstić information content (AvgIpc) is 3.26. The highest BCUT2D eigenvalue weighted by atomic mass is 19.2. The molecule has 0 amide bonds. The standard InChI is InChI=1S/C23H25F2N3O2/c1-29-18-7-5-16(22(11-18)30-2)13-28-9-3-4-17(14-28)23-19(12-26-27-23)15-6-8-20(24)21(25)10-15/h5-8,10-12,17H,3-4,9,13-14H2,1-2H3,(H,26,27).